The van der Waals surface area contributed by atoms with Crippen LogP contribution < -0.4 is 10.1 Å². The van der Waals surface area contributed by atoms with Crippen molar-refractivity contribution in [3.05, 3.63) is 77.1 Å². The summed E-state index contributed by atoms with van der Waals surface area (Å²) >= 11 is 1.42. The molecule has 8 heteroatoms. The predicted octanol–water partition coefficient (Wildman–Crippen LogP) is 4.70. The molecule has 1 N–H and O–H groups in total. The van der Waals surface area contributed by atoms with Crippen molar-refractivity contribution in [2.75, 3.05) is 12.4 Å². The standard InChI is InChI=1S/C21H17FN4O2S/c1-13-11-19(24-20(27)15-3-7-16(22)8-4-15)26(25-13)21-23-18(12-29-21)14-5-9-17(28-2)10-6-14/h3-12H,1-2H3,(H,24,27). The second-order valence-electron chi connectivity index (χ2n) is 6.29. The van der Waals surface area contributed by atoms with Gasteiger partial charge in [-0.2, -0.15) is 9.78 Å². The molecule has 0 saturated carbocycles. The molecule has 2 heterocycles. The highest BCUT2D eigenvalue weighted by atomic mass is 32.1. The average molecular weight is 408 g/mol. The first-order valence-electron chi connectivity index (χ1n) is 8.77. The molecule has 4 aromatic rings. The van der Waals surface area contributed by atoms with Gasteiger partial charge in [-0.3, -0.25) is 4.79 Å². The number of anilines is 1. The zero-order valence-corrected chi connectivity index (χ0v) is 16.5. The number of thiazole rings is 1. The number of carbonyl (C=O) groups is 1. The van der Waals surface area contributed by atoms with Crippen LogP contribution in [0.15, 0.2) is 60.0 Å². The van der Waals surface area contributed by atoms with E-state index >= 15 is 0 Å². The second kappa shape index (κ2) is 7.84. The number of rotatable bonds is 5. The molecule has 2 aromatic heterocycles. The molecule has 2 aromatic carbocycles. The Kier molecular flexibility index (Phi) is 5.09. The number of aryl methyl sites for hydroxylation is 1. The lowest BCUT2D eigenvalue weighted by Crippen LogP contribution is -2.15. The van der Waals surface area contributed by atoms with Crippen LogP contribution in [-0.2, 0) is 0 Å². The van der Waals surface area contributed by atoms with Crippen LogP contribution in [0.25, 0.3) is 16.4 Å². The maximum Gasteiger partial charge on any atom is 0.256 e. The second-order valence-corrected chi connectivity index (χ2v) is 7.12. The van der Waals surface area contributed by atoms with Crippen LogP contribution in [0.4, 0.5) is 10.2 Å². The first-order chi connectivity index (χ1) is 14.0. The normalized spacial score (nSPS) is 10.7. The molecule has 0 bridgehead atoms. The summed E-state index contributed by atoms with van der Waals surface area (Å²) in [6.45, 7) is 1.84. The molecule has 0 saturated heterocycles. The Morgan fingerprint density at radius 2 is 1.86 bits per heavy atom. The Morgan fingerprint density at radius 3 is 2.55 bits per heavy atom. The molecule has 0 radical (unpaired) electrons. The molecule has 29 heavy (non-hydrogen) atoms. The monoisotopic (exact) mass is 408 g/mol. The number of ether oxygens (including phenoxy) is 1. The maximum atomic E-state index is 13.1. The van der Waals surface area contributed by atoms with Gasteiger partial charge in [0.25, 0.3) is 5.91 Å². The highest BCUT2D eigenvalue weighted by Crippen LogP contribution is 2.27. The Labute approximate surface area is 170 Å². The molecule has 0 aliphatic heterocycles. The van der Waals surface area contributed by atoms with Gasteiger partial charge < -0.3 is 10.1 Å². The van der Waals surface area contributed by atoms with Gasteiger partial charge in [-0.1, -0.05) is 0 Å². The number of hydrogen-bond acceptors (Lipinski definition) is 5. The number of carbonyl (C=O) groups excluding carboxylic acids is 1. The van der Waals surface area contributed by atoms with Crippen LogP contribution in [-0.4, -0.2) is 27.8 Å². The summed E-state index contributed by atoms with van der Waals surface area (Å²) in [6, 6.07) is 14.7. The Hall–Kier alpha value is -3.52. The van der Waals surface area contributed by atoms with Gasteiger partial charge in [0.05, 0.1) is 18.5 Å². The van der Waals surface area contributed by atoms with Crippen molar-refractivity contribution < 1.29 is 13.9 Å². The number of halogens is 1. The lowest BCUT2D eigenvalue weighted by atomic mass is 10.2. The number of amides is 1. The van der Waals surface area contributed by atoms with Gasteiger partial charge in [0.2, 0.25) is 5.13 Å². The molecule has 0 unspecified atom stereocenters. The number of methoxy groups -OCH3 is 1. The largest absolute Gasteiger partial charge is 0.497 e. The summed E-state index contributed by atoms with van der Waals surface area (Å²) in [5.41, 5.74) is 2.85. The first-order valence-corrected chi connectivity index (χ1v) is 9.65. The van der Waals surface area contributed by atoms with Gasteiger partial charge in [-0.05, 0) is 55.5 Å². The van der Waals surface area contributed by atoms with Crippen LogP contribution in [0.2, 0.25) is 0 Å². The smallest absolute Gasteiger partial charge is 0.256 e. The molecular weight excluding hydrogens is 391 g/mol. The van der Waals surface area contributed by atoms with Crippen molar-refractivity contribution in [3.63, 3.8) is 0 Å². The van der Waals surface area contributed by atoms with Gasteiger partial charge in [0.15, 0.2) is 0 Å². The highest BCUT2D eigenvalue weighted by Gasteiger charge is 2.15. The third-order valence-corrected chi connectivity index (χ3v) is 5.05. The Morgan fingerprint density at radius 1 is 1.14 bits per heavy atom. The molecule has 146 valence electrons. The SMILES string of the molecule is COc1ccc(-c2csc(-n3nc(C)cc3NC(=O)c3ccc(F)cc3)n2)cc1. The van der Waals surface area contributed by atoms with Crippen LogP contribution in [0, 0.1) is 12.7 Å². The van der Waals surface area contributed by atoms with Crippen molar-refractivity contribution >= 4 is 23.1 Å². The van der Waals surface area contributed by atoms with Crippen LogP contribution in [0.1, 0.15) is 16.1 Å². The highest BCUT2D eigenvalue weighted by molar-refractivity contribution is 7.12. The van der Waals surface area contributed by atoms with E-state index in [-0.39, 0.29) is 5.91 Å². The summed E-state index contributed by atoms with van der Waals surface area (Å²) in [7, 11) is 1.62. The van der Waals surface area contributed by atoms with Gasteiger partial charge in [0.1, 0.15) is 17.4 Å². The molecule has 0 atom stereocenters. The Balaban J connectivity index is 1.60. The summed E-state index contributed by atoms with van der Waals surface area (Å²) in [4.78, 5) is 17.2. The lowest BCUT2D eigenvalue weighted by molar-refractivity contribution is 0.102. The van der Waals surface area contributed by atoms with Crippen LogP contribution in [0.5, 0.6) is 5.75 Å². The van der Waals surface area contributed by atoms with Gasteiger partial charge in [0, 0.05) is 22.6 Å². The fourth-order valence-electron chi connectivity index (χ4n) is 2.78. The summed E-state index contributed by atoms with van der Waals surface area (Å²) < 4.78 is 19.9. The van der Waals surface area contributed by atoms with E-state index in [1.165, 1.54) is 35.6 Å². The predicted molar refractivity (Wildman–Crippen MR) is 110 cm³/mol. The fourth-order valence-corrected chi connectivity index (χ4v) is 3.58. The minimum atomic E-state index is -0.392. The number of hydrogen-bond donors (Lipinski definition) is 1. The minimum absolute atomic E-state index is 0.349. The molecule has 0 aliphatic carbocycles. The zero-order chi connectivity index (χ0) is 20.4. The Bertz CT molecular complexity index is 1150. The van der Waals surface area contributed by atoms with Crippen molar-refractivity contribution in [1.82, 2.24) is 14.8 Å². The van der Waals surface area contributed by atoms with Crippen LogP contribution in [0.3, 0.4) is 0 Å². The van der Waals surface area contributed by atoms with Crippen molar-refractivity contribution in [2.24, 2.45) is 0 Å². The van der Waals surface area contributed by atoms with E-state index in [1.807, 2.05) is 36.6 Å². The molecule has 0 aliphatic rings. The third kappa shape index (κ3) is 4.02. The van der Waals surface area contributed by atoms with E-state index in [9.17, 15) is 9.18 Å². The molecule has 0 spiro atoms. The fraction of sp³-hybridized carbons (Fsp3) is 0.0952. The number of benzene rings is 2. The number of aromatic nitrogens is 3. The summed E-state index contributed by atoms with van der Waals surface area (Å²) in [5.74, 6) is 0.527. The van der Waals surface area contributed by atoms with E-state index in [0.29, 0.717) is 16.5 Å². The maximum absolute atomic E-state index is 13.1. The quantitative estimate of drug-likeness (QED) is 0.520. The summed E-state index contributed by atoms with van der Waals surface area (Å²) in [6.07, 6.45) is 0. The van der Waals surface area contributed by atoms with E-state index in [4.69, 9.17) is 4.74 Å². The molecule has 4 rings (SSSR count). The molecular formula is C21H17FN4O2S. The van der Waals surface area contributed by atoms with E-state index in [2.05, 4.69) is 15.4 Å². The summed E-state index contributed by atoms with van der Waals surface area (Å²) in [5, 5.41) is 9.82. The van der Waals surface area contributed by atoms with Crippen molar-refractivity contribution in [2.45, 2.75) is 6.92 Å². The average Bonchev–Trinajstić information content (AvgIpc) is 3.35. The zero-order valence-electron chi connectivity index (χ0n) is 15.7. The molecule has 0 fully saturated rings. The topological polar surface area (TPSA) is 69.0 Å². The number of nitrogens with one attached hydrogen (secondary N) is 1. The van der Waals surface area contributed by atoms with Crippen molar-refractivity contribution in [1.29, 1.82) is 0 Å². The minimum Gasteiger partial charge on any atom is -0.497 e. The van der Waals surface area contributed by atoms with E-state index < -0.39 is 5.82 Å². The van der Waals surface area contributed by atoms with Crippen molar-refractivity contribution in [3.8, 4) is 22.1 Å². The van der Waals surface area contributed by atoms with Gasteiger partial charge >= 0.3 is 0 Å². The van der Waals surface area contributed by atoms with Gasteiger partial charge in [-0.25, -0.2) is 9.37 Å². The number of nitrogens with zero attached hydrogens (tertiary/aromatic N) is 3. The van der Waals surface area contributed by atoms with Gasteiger partial charge in [-0.15, -0.1) is 11.3 Å². The van der Waals surface area contributed by atoms with E-state index in [1.54, 1.807) is 17.9 Å². The van der Waals surface area contributed by atoms with Crippen LogP contribution >= 0.6 is 11.3 Å². The molecule has 1 amide bonds. The first kappa shape index (κ1) is 18.8. The molecule has 6 nitrogen and oxygen atoms in total. The van der Waals surface area contributed by atoms with E-state index in [0.717, 1.165) is 22.7 Å². The third-order valence-electron chi connectivity index (χ3n) is 4.24. The lowest BCUT2D eigenvalue weighted by Gasteiger charge is -2.06.